The minimum atomic E-state index is -0.518. The SMILES string of the molecule is CC(C)(C)OC(=O)N1CCCC(c2cc(NCCN3CCOCC3)n3ncc(-c4cn[nH]c4)c3n2)C1. The van der Waals surface area contributed by atoms with Gasteiger partial charge in [0.05, 0.1) is 31.3 Å². The number of aromatic nitrogens is 5. The third kappa shape index (κ3) is 5.62. The Morgan fingerprint density at radius 3 is 2.83 bits per heavy atom. The zero-order valence-electron chi connectivity index (χ0n) is 21.4. The summed E-state index contributed by atoms with van der Waals surface area (Å²) in [6, 6.07) is 2.09. The van der Waals surface area contributed by atoms with E-state index >= 15 is 0 Å². The van der Waals surface area contributed by atoms with Crippen molar-refractivity contribution in [3.8, 4) is 11.1 Å². The van der Waals surface area contributed by atoms with E-state index < -0.39 is 5.60 Å². The number of ether oxygens (including phenoxy) is 2. The van der Waals surface area contributed by atoms with Crippen LogP contribution in [0.2, 0.25) is 0 Å². The maximum absolute atomic E-state index is 12.8. The third-order valence-electron chi connectivity index (χ3n) is 6.63. The number of rotatable bonds is 6. The van der Waals surface area contributed by atoms with Crippen molar-refractivity contribution in [2.75, 3.05) is 57.8 Å². The second-order valence-corrected chi connectivity index (χ2v) is 10.5. The minimum absolute atomic E-state index is 0.114. The largest absolute Gasteiger partial charge is 0.444 e. The molecule has 0 saturated carbocycles. The number of hydrogen-bond acceptors (Lipinski definition) is 8. The maximum Gasteiger partial charge on any atom is 0.410 e. The van der Waals surface area contributed by atoms with Crippen molar-refractivity contribution < 1.29 is 14.3 Å². The summed E-state index contributed by atoms with van der Waals surface area (Å²) in [4.78, 5) is 22.0. The Morgan fingerprint density at radius 1 is 1.25 bits per heavy atom. The molecule has 3 aromatic heterocycles. The molecule has 3 aromatic rings. The van der Waals surface area contributed by atoms with Crippen molar-refractivity contribution in [3.63, 3.8) is 0 Å². The number of amides is 1. The summed E-state index contributed by atoms with van der Waals surface area (Å²) in [5.41, 5.74) is 3.07. The molecule has 0 aliphatic carbocycles. The number of hydrogen-bond donors (Lipinski definition) is 2. The molecule has 2 fully saturated rings. The lowest BCUT2D eigenvalue weighted by molar-refractivity contribution is 0.0197. The highest BCUT2D eigenvalue weighted by atomic mass is 16.6. The Labute approximate surface area is 211 Å². The highest BCUT2D eigenvalue weighted by Gasteiger charge is 2.30. The number of likely N-dealkylation sites (tertiary alicyclic amines) is 1. The van der Waals surface area contributed by atoms with Crippen molar-refractivity contribution in [2.24, 2.45) is 0 Å². The predicted octanol–water partition coefficient (Wildman–Crippen LogP) is 2.98. The first-order chi connectivity index (χ1) is 17.4. The van der Waals surface area contributed by atoms with Gasteiger partial charge in [-0.2, -0.15) is 14.7 Å². The highest BCUT2D eigenvalue weighted by Crippen LogP contribution is 2.31. The number of morpholine rings is 1. The van der Waals surface area contributed by atoms with Gasteiger partial charge >= 0.3 is 6.09 Å². The van der Waals surface area contributed by atoms with Gasteiger partial charge in [0.15, 0.2) is 5.65 Å². The Bertz CT molecular complexity index is 1160. The third-order valence-corrected chi connectivity index (χ3v) is 6.63. The maximum atomic E-state index is 12.8. The van der Waals surface area contributed by atoms with Crippen LogP contribution in [-0.4, -0.2) is 98.8 Å². The molecule has 0 radical (unpaired) electrons. The Hall–Kier alpha value is -3.18. The van der Waals surface area contributed by atoms with E-state index in [4.69, 9.17) is 14.5 Å². The zero-order chi connectivity index (χ0) is 25.1. The Balaban J connectivity index is 1.41. The molecule has 1 atom stereocenters. The van der Waals surface area contributed by atoms with Gasteiger partial charge < -0.3 is 19.7 Å². The highest BCUT2D eigenvalue weighted by molar-refractivity contribution is 5.77. The second-order valence-electron chi connectivity index (χ2n) is 10.5. The number of piperidine rings is 1. The molecule has 11 heteroatoms. The molecule has 5 heterocycles. The van der Waals surface area contributed by atoms with Crippen LogP contribution in [0.1, 0.15) is 45.2 Å². The summed E-state index contributed by atoms with van der Waals surface area (Å²) in [7, 11) is 0. The Kier molecular flexibility index (Phi) is 7.10. The molecule has 2 aliphatic rings. The van der Waals surface area contributed by atoms with Crippen LogP contribution in [0.4, 0.5) is 10.6 Å². The first-order valence-corrected chi connectivity index (χ1v) is 12.8. The van der Waals surface area contributed by atoms with Gasteiger partial charge in [-0.3, -0.25) is 10.00 Å². The van der Waals surface area contributed by atoms with Gasteiger partial charge in [-0.25, -0.2) is 9.78 Å². The molecule has 2 saturated heterocycles. The number of anilines is 1. The second kappa shape index (κ2) is 10.4. The van der Waals surface area contributed by atoms with Gasteiger partial charge in [0.1, 0.15) is 11.4 Å². The summed E-state index contributed by atoms with van der Waals surface area (Å²) in [6.07, 6.45) is 7.07. The first kappa shape index (κ1) is 24.5. The van der Waals surface area contributed by atoms with E-state index in [0.29, 0.717) is 13.1 Å². The monoisotopic (exact) mass is 496 g/mol. The van der Waals surface area contributed by atoms with Crippen LogP contribution >= 0.6 is 0 Å². The molecular weight excluding hydrogens is 460 g/mol. The van der Waals surface area contributed by atoms with Crippen LogP contribution in [0.25, 0.3) is 16.8 Å². The standard InChI is InChI=1S/C25H36N8O3/c1-25(2,3)36-24(34)32-7-4-5-18(17-32)21-13-22(26-6-8-31-9-11-35-12-10-31)33-23(30-21)20(16-29-33)19-14-27-28-15-19/h13-16,18,26H,4-12,17H2,1-3H3,(H,27,28). The number of nitrogens with one attached hydrogen (secondary N) is 2. The number of fused-ring (bicyclic) bond motifs is 1. The van der Waals surface area contributed by atoms with E-state index in [2.05, 4.69) is 31.6 Å². The number of nitrogens with zero attached hydrogens (tertiary/aromatic N) is 6. The van der Waals surface area contributed by atoms with Gasteiger partial charge in [-0.15, -0.1) is 0 Å². The molecule has 5 rings (SSSR count). The lowest BCUT2D eigenvalue weighted by Gasteiger charge is -2.34. The molecule has 194 valence electrons. The minimum Gasteiger partial charge on any atom is -0.444 e. The molecule has 1 amide bonds. The van der Waals surface area contributed by atoms with E-state index in [0.717, 1.165) is 80.5 Å². The molecule has 0 spiro atoms. The summed E-state index contributed by atoms with van der Waals surface area (Å²) >= 11 is 0. The fourth-order valence-electron chi connectivity index (χ4n) is 4.80. The van der Waals surface area contributed by atoms with Crippen LogP contribution in [0.15, 0.2) is 24.7 Å². The van der Waals surface area contributed by atoms with Crippen molar-refractivity contribution in [1.29, 1.82) is 0 Å². The van der Waals surface area contributed by atoms with E-state index in [1.165, 1.54) is 0 Å². The van der Waals surface area contributed by atoms with Crippen molar-refractivity contribution in [1.82, 2.24) is 34.6 Å². The van der Waals surface area contributed by atoms with Crippen molar-refractivity contribution >= 4 is 17.6 Å². The summed E-state index contributed by atoms with van der Waals surface area (Å²) < 4.78 is 13.0. The zero-order valence-corrected chi connectivity index (χ0v) is 21.4. The molecule has 2 aliphatic heterocycles. The smallest absolute Gasteiger partial charge is 0.410 e. The van der Waals surface area contributed by atoms with Crippen molar-refractivity contribution in [2.45, 2.75) is 45.1 Å². The van der Waals surface area contributed by atoms with E-state index in [1.807, 2.05) is 42.6 Å². The van der Waals surface area contributed by atoms with E-state index in [9.17, 15) is 4.79 Å². The van der Waals surface area contributed by atoms with E-state index in [1.54, 1.807) is 6.20 Å². The molecule has 0 aromatic carbocycles. The fourth-order valence-corrected chi connectivity index (χ4v) is 4.80. The average molecular weight is 497 g/mol. The van der Waals surface area contributed by atoms with Gasteiger partial charge in [0, 0.05) is 68.6 Å². The Morgan fingerprint density at radius 2 is 2.08 bits per heavy atom. The van der Waals surface area contributed by atoms with Crippen LogP contribution in [-0.2, 0) is 9.47 Å². The summed E-state index contributed by atoms with van der Waals surface area (Å²) in [5.74, 6) is 1.01. The number of H-pyrrole nitrogens is 1. The topological polar surface area (TPSA) is 113 Å². The summed E-state index contributed by atoms with van der Waals surface area (Å²) in [6.45, 7) is 12.2. The van der Waals surface area contributed by atoms with Crippen LogP contribution in [0, 0.1) is 0 Å². The van der Waals surface area contributed by atoms with Crippen molar-refractivity contribution in [3.05, 3.63) is 30.4 Å². The van der Waals surface area contributed by atoms with Gasteiger partial charge in [-0.05, 0) is 33.6 Å². The lowest BCUT2D eigenvalue weighted by Crippen LogP contribution is -2.42. The van der Waals surface area contributed by atoms with Crippen LogP contribution in [0.3, 0.4) is 0 Å². The van der Waals surface area contributed by atoms with E-state index in [-0.39, 0.29) is 12.0 Å². The number of carbonyl (C=O) groups is 1. The molecule has 0 bridgehead atoms. The normalized spacial score (nSPS) is 19.5. The number of carbonyl (C=O) groups excluding carboxylic acids is 1. The molecular formula is C25H36N8O3. The molecule has 36 heavy (non-hydrogen) atoms. The summed E-state index contributed by atoms with van der Waals surface area (Å²) in [5, 5.41) is 15.2. The molecule has 2 N–H and O–H groups in total. The first-order valence-electron chi connectivity index (χ1n) is 12.8. The molecule has 1 unspecified atom stereocenters. The predicted molar refractivity (Wildman–Crippen MR) is 136 cm³/mol. The van der Waals surface area contributed by atoms with Crippen LogP contribution in [0.5, 0.6) is 0 Å². The lowest BCUT2D eigenvalue weighted by atomic mass is 9.94. The van der Waals surface area contributed by atoms with Gasteiger partial charge in [0.25, 0.3) is 0 Å². The van der Waals surface area contributed by atoms with Crippen LogP contribution < -0.4 is 5.32 Å². The fraction of sp³-hybridized carbons (Fsp3) is 0.600. The van der Waals surface area contributed by atoms with Gasteiger partial charge in [0.2, 0.25) is 0 Å². The van der Waals surface area contributed by atoms with Gasteiger partial charge in [-0.1, -0.05) is 0 Å². The number of aromatic amines is 1. The average Bonchev–Trinajstić information content (AvgIpc) is 3.54. The molecule has 11 nitrogen and oxygen atoms in total. The quantitative estimate of drug-likeness (QED) is 0.536.